The molecule has 0 aliphatic heterocycles. The summed E-state index contributed by atoms with van der Waals surface area (Å²) in [4.78, 5) is 15.2. The van der Waals surface area contributed by atoms with Gasteiger partial charge in [0.2, 0.25) is 0 Å². The molecule has 0 aliphatic carbocycles. The van der Waals surface area contributed by atoms with Crippen molar-refractivity contribution in [3.05, 3.63) is 188 Å². The van der Waals surface area contributed by atoms with Crippen molar-refractivity contribution in [2.45, 2.75) is 0 Å². The van der Waals surface area contributed by atoms with Crippen molar-refractivity contribution in [1.29, 1.82) is 0 Å². The second kappa shape index (κ2) is 13.3. The van der Waals surface area contributed by atoms with Crippen LogP contribution in [0.1, 0.15) is 0 Å². The average Bonchev–Trinajstić information content (AvgIpc) is 3.85. The molecule has 262 valence electrons. The third-order valence-electron chi connectivity index (χ3n) is 10.6. The first-order valence-electron chi connectivity index (χ1n) is 18.7. The molecule has 56 heavy (non-hydrogen) atoms. The lowest BCUT2D eigenvalue weighted by atomic mass is 9.92. The maximum Gasteiger partial charge on any atom is 0.164 e. The highest BCUT2D eigenvalue weighted by molar-refractivity contribution is 7.26. The summed E-state index contributed by atoms with van der Waals surface area (Å²) in [5.74, 6) is 1.83. The Bertz CT molecular complexity index is 3230. The van der Waals surface area contributed by atoms with Gasteiger partial charge >= 0.3 is 0 Å². The van der Waals surface area contributed by atoms with E-state index in [4.69, 9.17) is 19.4 Å². The van der Waals surface area contributed by atoms with Crippen LogP contribution >= 0.6 is 11.3 Å². The lowest BCUT2D eigenvalue weighted by Crippen LogP contribution is -2.00. The minimum Gasteiger partial charge on any atom is -0.456 e. The van der Waals surface area contributed by atoms with Crippen LogP contribution in [-0.2, 0) is 0 Å². The molecule has 11 aromatic rings. The Labute approximate surface area is 327 Å². The average molecular weight is 734 g/mol. The number of furan rings is 1. The molecule has 11 rings (SSSR count). The zero-order valence-corrected chi connectivity index (χ0v) is 30.9. The number of hydrogen-bond donors (Lipinski definition) is 0. The molecule has 0 unspecified atom stereocenters. The van der Waals surface area contributed by atoms with E-state index in [1.807, 2.05) is 59.9 Å². The van der Waals surface area contributed by atoms with E-state index in [1.165, 1.54) is 42.4 Å². The van der Waals surface area contributed by atoms with Gasteiger partial charge in [-0.15, -0.1) is 11.3 Å². The largest absolute Gasteiger partial charge is 0.456 e. The van der Waals surface area contributed by atoms with E-state index in [0.717, 1.165) is 49.8 Å². The van der Waals surface area contributed by atoms with Crippen LogP contribution in [0, 0.1) is 0 Å². The number of aromatic nitrogens is 3. The molecule has 0 radical (unpaired) electrons. The summed E-state index contributed by atoms with van der Waals surface area (Å²) in [7, 11) is 0. The van der Waals surface area contributed by atoms with E-state index in [1.54, 1.807) is 0 Å². The molecule has 0 bridgehead atoms. The van der Waals surface area contributed by atoms with Crippen LogP contribution in [0.3, 0.4) is 0 Å². The standard InChI is InChI=1S/C51H31N3OS/c1-4-13-32(14-5-1)33-23-25-36(26-24-33)50-52-49(35-17-8-3-9-18-35)53-51(54-50)42-20-12-21-43-47(42)41-28-27-37(31-44(41)55-43)38-29-30-40-39-19-10-11-22-45(39)56-48(40)46(38)34-15-6-2-7-16-34/h1-31H. The Hall–Kier alpha value is -7.21. The number of benzene rings is 8. The quantitative estimate of drug-likeness (QED) is 0.171. The molecule has 5 heteroatoms. The zero-order valence-electron chi connectivity index (χ0n) is 30.1. The van der Waals surface area contributed by atoms with Gasteiger partial charge in [-0.25, -0.2) is 15.0 Å². The minimum atomic E-state index is 0.597. The molecule has 0 aliphatic rings. The third kappa shape index (κ3) is 5.48. The van der Waals surface area contributed by atoms with Gasteiger partial charge in [-0.05, 0) is 52.1 Å². The Kier molecular flexibility index (Phi) is 7.64. The third-order valence-corrected chi connectivity index (χ3v) is 11.8. The van der Waals surface area contributed by atoms with Crippen molar-refractivity contribution in [1.82, 2.24) is 15.0 Å². The Morgan fingerprint density at radius 2 is 0.929 bits per heavy atom. The summed E-state index contributed by atoms with van der Waals surface area (Å²) in [6.07, 6.45) is 0. The SMILES string of the molecule is c1ccc(-c2ccc(-c3nc(-c4ccccc4)nc(-c4cccc5oc6cc(-c7ccc8c(sc9ccccc98)c7-c7ccccc7)ccc6c45)n3)cc2)cc1. The van der Waals surface area contributed by atoms with Gasteiger partial charge in [0, 0.05) is 53.2 Å². The topological polar surface area (TPSA) is 51.8 Å². The van der Waals surface area contributed by atoms with E-state index in [9.17, 15) is 0 Å². The fourth-order valence-electron chi connectivity index (χ4n) is 7.88. The number of fused-ring (bicyclic) bond motifs is 6. The van der Waals surface area contributed by atoms with Crippen molar-refractivity contribution in [2.24, 2.45) is 0 Å². The summed E-state index contributed by atoms with van der Waals surface area (Å²) in [5, 5.41) is 4.56. The molecule has 8 aromatic carbocycles. The Balaban J connectivity index is 1.07. The van der Waals surface area contributed by atoms with Crippen LogP contribution in [0.25, 0.3) is 110 Å². The van der Waals surface area contributed by atoms with Crippen LogP contribution in [0.2, 0.25) is 0 Å². The molecule has 0 amide bonds. The summed E-state index contributed by atoms with van der Waals surface area (Å²) >= 11 is 1.85. The number of hydrogen-bond acceptors (Lipinski definition) is 5. The predicted molar refractivity (Wildman–Crippen MR) is 233 cm³/mol. The van der Waals surface area contributed by atoms with Crippen LogP contribution in [-0.4, -0.2) is 15.0 Å². The molecular weight excluding hydrogens is 703 g/mol. The molecule has 4 nitrogen and oxygen atoms in total. The van der Waals surface area contributed by atoms with Gasteiger partial charge in [-0.3, -0.25) is 0 Å². The lowest BCUT2D eigenvalue weighted by Gasteiger charge is -2.12. The summed E-state index contributed by atoms with van der Waals surface area (Å²) < 4.78 is 9.25. The normalized spacial score (nSPS) is 11.6. The van der Waals surface area contributed by atoms with Crippen LogP contribution in [0.4, 0.5) is 0 Å². The van der Waals surface area contributed by atoms with Gasteiger partial charge in [-0.2, -0.15) is 0 Å². The molecule has 0 saturated heterocycles. The fraction of sp³-hybridized carbons (Fsp3) is 0. The van der Waals surface area contributed by atoms with Crippen molar-refractivity contribution < 1.29 is 4.42 Å². The maximum absolute atomic E-state index is 6.67. The highest BCUT2D eigenvalue weighted by Crippen LogP contribution is 2.46. The van der Waals surface area contributed by atoms with Gasteiger partial charge in [0.1, 0.15) is 11.2 Å². The summed E-state index contributed by atoms with van der Waals surface area (Å²) in [6.45, 7) is 0. The molecule has 0 N–H and O–H groups in total. The Morgan fingerprint density at radius 1 is 0.357 bits per heavy atom. The van der Waals surface area contributed by atoms with Crippen molar-refractivity contribution in [3.8, 4) is 67.5 Å². The molecule has 0 spiro atoms. The highest BCUT2D eigenvalue weighted by Gasteiger charge is 2.20. The summed E-state index contributed by atoms with van der Waals surface area (Å²) in [6, 6.07) is 65.6. The van der Waals surface area contributed by atoms with Crippen molar-refractivity contribution >= 4 is 53.4 Å². The van der Waals surface area contributed by atoms with Crippen LogP contribution < -0.4 is 0 Å². The van der Waals surface area contributed by atoms with Crippen LogP contribution in [0.5, 0.6) is 0 Å². The molecular formula is C51H31N3OS. The van der Waals surface area contributed by atoms with Crippen LogP contribution in [0.15, 0.2) is 192 Å². The van der Waals surface area contributed by atoms with Crippen molar-refractivity contribution in [2.75, 3.05) is 0 Å². The van der Waals surface area contributed by atoms with Gasteiger partial charge in [0.05, 0.1) is 0 Å². The monoisotopic (exact) mass is 733 g/mol. The van der Waals surface area contributed by atoms with E-state index in [2.05, 4.69) is 140 Å². The van der Waals surface area contributed by atoms with E-state index < -0.39 is 0 Å². The maximum atomic E-state index is 6.67. The number of thiophene rings is 1. The molecule has 3 aromatic heterocycles. The van der Waals surface area contributed by atoms with Gasteiger partial charge < -0.3 is 4.42 Å². The highest BCUT2D eigenvalue weighted by atomic mass is 32.1. The van der Waals surface area contributed by atoms with Gasteiger partial charge in [0.15, 0.2) is 17.5 Å². The van der Waals surface area contributed by atoms with Gasteiger partial charge in [0.25, 0.3) is 0 Å². The van der Waals surface area contributed by atoms with Crippen molar-refractivity contribution in [3.63, 3.8) is 0 Å². The smallest absolute Gasteiger partial charge is 0.164 e. The van der Waals surface area contributed by atoms with E-state index in [0.29, 0.717) is 17.5 Å². The molecule has 3 heterocycles. The lowest BCUT2D eigenvalue weighted by molar-refractivity contribution is 0.669. The second-order valence-corrected chi connectivity index (χ2v) is 15.0. The minimum absolute atomic E-state index is 0.597. The predicted octanol–water partition coefficient (Wildman–Crippen LogP) is 14.1. The second-order valence-electron chi connectivity index (χ2n) is 13.9. The first-order chi connectivity index (χ1) is 27.7. The first-order valence-corrected chi connectivity index (χ1v) is 19.5. The summed E-state index contributed by atoms with van der Waals surface area (Å²) in [5.41, 5.74) is 11.4. The van der Waals surface area contributed by atoms with E-state index in [-0.39, 0.29) is 0 Å². The van der Waals surface area contributed by atoms with E-state index >= 15 is 0 Å². The molecule has 0 saturated carbocycles. The molecule has 0 fully saturated rings. The fourth-order valence-corrected chi connectivity index (χ4v) is 9.16. The zero-order chi connectivity index (χ0) is 37.0. The first kappa shape index (κ1) is 32.2. The number of rotatable bonds is 6. The molecule has 0 atom stereocenters. The van der Waals surface area contributed by atoms with Gasteiger partial charge in [-0.1, -0.05) is 164 Å². The Morgan fingerprint density at radius 3 is 1.68 bits per heavy atom. The number of nitrogens with zero attached hydrogens (tertiary/aromatic N) is 3.